The Kier molecular flexibility index (Phi) is 3.39. The van der Waals surface area contributed by atoms with E-state index in [0.29, 0.717) is 5.69 Å². The van der Waals surface area contributed by atoms with Gasteiger partial charge in [-0.15, -0.1) is 0 Å². The van der Waals surface area contributed by atoms with Gasteiger partial charge in [0, 0.05) is 6.20 Å². The number of carboxylic acid groups (broad SMARTS) is 1. The van der Waals surface area contributed by atoms with E-state index >= 15 is 0 Å². The number of carboxylic acids is 1. The van der Waals surface area contributed by atoms with Crippen molar-refractivity contribution < 1.29 is 14.6 Å². The summed E-state index contributed by atoms with van der Waals surface area (Å²) in [6.45, 7) is 3.71. The fourth-order valence-corrected chi connectivity index (χ4v) is 0.897. The molecule has 0 aromatic carbocycles. The number of hydrogen-bond donors (Lipinski definition) is 1. The lowest BCUT2D eigenvalue weighted by molar-refractivity contribution is -0.136. The molecular formula is C9H12N2O3. The zero-order chi connectivity index (χ0) is 10.6. The third-order valence-corrected chi connectivity index (χ3v) is 1.36. The molecule has 0 aliphatic rings. The van der Waals surface area contributed by atoms with Gasteiger partial charge in [-0.2, -0.15) is 4.98 Å². The van der Waals surface area contributed by atoms with Crippen molar-refractivity contribution in [3.05, 3.63) is 18.0 Å². The molecule has 1 rings (SSSR count). The van der Waals surface area contributed by atoms with Crippen LogP contribution >= 0.6 is 0 Å². The van der Waals surface area contributed by atoms with Crippen LogP contribution in [0.5, 0.6) is 6.01 Å². The Balaban J connectivity index is 2.73. The summed E-state index contributed by atoms with van der Waals surface area (Å²) in [4.78, 5) is 18.2. The number of aliphatic carboxylic acids is 1. The Morgan fingerprint density at radius 3 is 2.93 bits per heavy atom. The van der Waals surface area contributed by atoms with Gasteiger partial charge in [0.1, 0.15) is 0 Å². The molecule has 0 bridgehead atoms. The molecule has 0 saturated heterocycles. The van der Waals surface area contributed by atoms with Gasteiger partial charge in [0.05, 0.1) is 18.2 Å². The van der Waals surface area contributed by atoms with E-state index < -0.39 is 5.97 Å². The predicted octanol–water partition coefficient (Wildman–Crippen LogP) is 0.891. The van der Waals surface area contributed by atoms with Gasteiger partial charge < -0.3 is 9.84 Å². The first-order valence-corrected chi connectivity index (χ1v) is 4.28. The largest absolute Gasteiger partial charge is 0.481 e. The molecule has 14 heavy (non-hydrogen) atoms. The van der Waals surface area contributed by atoms with Crippen LogP contribution in [-0.4, -0.2) is 27.1 Å². The Bertz CT molecular complexity index is 326. The van der Waals surface area contributed by atoms with Crippen LogP contribution in [0.15, 0.2) is 12.3 Å². The summed E-state index contributed by atoms with van der Waals surface area (Å²) in [5.41, 5.74) is 0.447. The van der Waals surface area contributed by atoms with E-state index in [1.165, 1.54) is 6.20 Å². The van der Waals surface area contributed by atoms with Crippen LogP contribution in [0.25, 0.3) is 0 Å². The maximum Gasteiger partial charge on any atom is 0.316 e. The van der Waals surface area contributed by atoms with Crippen LogP contribution in [0.3, 0.4) is 0 Å². The monoisotopic (exact) mass is 196 g/mol. The summed E-state index contributed by atoms with van der Waals surface area (Å²) >= 11 is 0. The van der Waals surface area contributed by atoms with E-state index in [0.717, 1.165) is 0 Å². The normalized spacial score (nSPS) is 10.2. The van der Waals surface area contributed by atoms with Crippen molar-refractivity contribution in [3.8, 4) is 6.01 Å². The van der Waals surface area contributed by atoms with Gasteiger partial charge in [0.2, 0.25) is 0 Å². The molecule has 1 N–H and O–H groups in total. The highest BCUT2D eigenvalue weighted by atomic mass is 16.5. The van der Waals surface area contributed by atoms with Crippen molar-refractivity contribution >= 4 is 5.97 Å². The topological polar surface area (TPSA) is 72.3 Å². The minimum absolute atomic E-state index is 0.0184. The molecule has 0 aliphatic carbocycles. The molecule has 0 radical (unpaired) electrons. The molecule has 0 spiro atoms. The summed E-state index contributed by atoms with van der Waals surface area (Å²) < 4.78 is 5.22. The lowest BCUT2D eigenvalue weighted by Crippen LogP contribution is -2.10. The van der Waals surface area contributed by atoms with Crippen LogP contribution in [0, 0.1) is 0 Å². The molecule has 1 aromatic rings. The van der Waals surface area contributed by atoms with Crippen molar-refractivity contribution in [1.82, 2.24) is 9.97 Å². The fourth-order valence-electron chi connectivity index (χ4n) is 0.897. The summed E-state index contributed by atoms with van der Waals surface area (Å²) in [5, 5.41) is 8.54. The van der Waals surface area contributed by atoms with E-state index in [1.54, 1.807) is 6.07 Å². The maximum absolute atomic E-state index is 10.4. The van der Waals surface area contributed by atoms with Crippen LogP contribution in [0.1, 0.15) is 19.5 Å². The summed E-state index contributed by atoms with van der Waals surface area (Å²) in [5.74, 6) is -0.917. The van der Waals surface area contributed by atoms with Gasteiger partial charge in [0.15, 0.2) is 0 Å². The van der Waals surface area contributed by atoms with Gasteiger partial charge in [0.25, 0.3) is 0 Å². The van der Waals surface area contributed by atoms with E-state index in [1.807, 2.05) is 13.8 Å². The zero-order valence-corrected chi connectivity index (χ0v) is 8.10. The van der Waals surface area contributed by atoms with Gasteiger partial charge in [-0.3, -0.25) is 4.79 Å². The van der Waals surface area contributed by atoms with Crippen LogP contribution in [0.4, 0.5) is 0 Å². The van der Waals surface area contributed by atoms with Gasteiger partial charge in [-0.25, -0.2) is 4.98 Å². The van der Waals surface area contributed by atoms with Crippen molar-refractivity contribution in [2.24, 2.45) is 0 Å². The lowest BCUT2D eigenvalue weighted by Gasteiger charge is -2.07. The Labute approximate surface area is 81.8 Å². The first-order chi connectivity index (χ1) is 6.58. The van der Waals surface area contributed by atoms with Crippen LogP contribution in [-0.2, 0) is 11.2 Å². The lowest BCUT2D eigenvalue weighted by atomic mass is 10.3. The van der Waals surface area contributed by atoms with E-state index in [9.17, 15) is 4.79 Å². The van der Waals surface area contributed by atoms with Crippen molar-refractivity contribution in [2.75, 3.05) is 0 Å². The average molecular weight is 196 g/mol. The van der Waals surface area contributed by atoms with E-state index in [-0.39, 0.29) is 18.5 Å². The van der Waals surface area contributed by atoms with Gasteiger partial charge >= 0.3 is 12.0 Å². The highest BCUT2D eigenvalue weighted by Crippen LogP contribution is 2.05. The smallest absolute Gasteiger partial charge is 0.316 e. The summed E-state index contributed by atoms with van der Waals surface area (Å²) in [6, 6.07) is 1.78. The van der Waals surface area contributed by atoms with Crippen LogP contribution in [0.2, 0.25) is 0 Å². The Hall–Kier alpha value is -1.65. The summed E-state index contributed by atoms with van der Waals surface area (Å²) in [7, 11) is 0. The second-order valence-corrected chi connectivity index (χ2v) is 3.07. The van der Waals surface area contributed by atoms with Crippen LogP contribution < -0.4 is 4.74 Å². The molecule has 0 saturated carbocycles. The SMILES string of the molecule is CC(C)Oc1nccc(CC(=O)O)n1. The fraction of sp³-hybridized carbons (Fsp3) is 0.444. The number of hydrogen-bond acceptors (Lipinski definition) is 4. The number of aromatic nitrogens is 2. The third kappa shape index (κ3) is 3.38. The van der Waals surface area contributed by atoms with Crippen molar-refractivity contribution in [1.29, 1.82) is 0 Å². The van der Waals surface area contributed by atoms with Gasteiger partial charge in [-0.05, 0) is 19.9 Å². The van der Waals surface area contributed by atoms with Crippen molar-refractivity contribution in [3.63, 3.8) is 0 Å². The first-order valence-electron chi connectivity index (χ1n) is 4.28. The molecule has 76 valence electrons. The highest BCUT2D eigenvalue weighted by Gasteiger charge is 2.05. The summed E-state index contributed by atoms with van der Waals surface area (Å²) in [6.07, 6.45) is 1.36. The molecule has 0 aliphatic heterocycles. The number of ether oxygens (including phenoxy) is 1. The molecule has 5 heteroatoms. The quantitative estimate of drug-likeness (QED) is 0.774. The molecule has 0 amide bonds. The average Bonchev–Trinajstić information content (AvgIpc) is 2.01. The molecule has 0 atom stereocenters. The molecule has 1 heterocycles. The predicted molar refractivity (Wildman–Crippen MR) is 49.1 cm³/mol. The second-order valence-electron chi connectivity index (χ2n) is 3.07. The maximum atomic E-state index is 10.4. The minimum atomic E-state index is -0.917. The zero-order valence-electron chi connectivity index (χ0n) is 8.10. The number of rotatable bonds is 4. The second kappa shape index (κ2) is 4.55. The van der Waals surface area contributed by atoms with Crippen molar-refractivity contribution in [2.45, 2.75) is 26.4 Å². The Morgan fingerprint density at radius 2 is 2.36 bits per heavy atom. The molecule has 5 nitrogen and oxygen atoms in total. The van der Waals surface area contributed by atoms with Gasteiger partial charge in [-0.1, -0.05) is 0 Å². The number of carbonyl (C=O) groups is 1. The third-order valence-electron chi connectivity index (χ3n) is 1.36. The molecule has 0 fully saturated rings. The highest BCUT2D eigenvalue weighted by molar-refractivity contribution is 5.69. The van der Waals surface area contributed by atoms with E-state index in [2.05, 4.69) is 9.97 Å². The van der Waals surface area contributed by atoms with E-state index in [4.69, 9.17) is 9.84 Å². The standard InChI is InChI=1S/C9H12N2O3/c1-6(2)14-9-10-4-3-7(11-9)5-8(12)13/h3-4,6H,5H2,1-2H3,(H,12,13). The Morgan fingerprint density at radius 1 is 1.64 bits per heavy atom. The molecule has 0 unspecified atom stereocenters. The first kappa shape index (κ1) is 10.4. The number of nitrogens with zero attached hydrogens (tertiary/aromatic N) is 2. The molecule has 1 aromatic heterocycles. The minimum Gasteiger partial charge on any atom is -0.481 e. The molecular weight excluding hydrogens is 184 g/mol.